The third-order valence-corrected chi connectivity index (χ3v) is 3.50. The van der Waals surface area contributed by atoms with Crippen LogP contribution >= 0.6 is 0 Å². The molecule has 1 N–H and O–H groups in total. The summed E-state index contributed by atoms with van der Waals surface area (Å²) in [6, 6.07) is 0. The van der Waals surface area contributed by atoms with Gasteiger partial charge in [0.2, 0.25) is 0 Å². The first kappa shape index (κ1) is 14.4. The summed E-state index contributed by atoms with van der Waals surface area (Å²) in [5, 5.41) is 3.21. The molecule has 1 aromatic heterocycles. The lowest BCUT2D eigenvalue weighted by atomic mass is 10.1. The first-order valence-electron chi connectivity index (χ1n) is 6.89. The maximum absolute atomic E-state index is 12.6. The van der Waals surface area contributed by atoms with E-state index in [0.29, 0.717) is 18.3 Å². The molecule has 0 spiro atoms. The number of halogens is 2. The van der Waals surface area contributed by atoms with Crippen molar-refractivity contribution in [3.8, 4) is 0 Å². The summed E-state index contributed by atoms with van der Waals surface area (Å²) in [6.45, 7) is 4.36. The standard InChI is InChI=1S/C13H22F2N4/c1-11(10-18-5-2-3-6-18)8-16-9-12-17-4-7-19(12)13(14)15/h4,7,11,13,16H,2-3,5-6,8-10H2,1H3. The monoisotopic (exact) mass is 272 g/mol. The van der Waals surface area contributed by atoms with Crippen LogP contribution in [0.2, 0.25) is 0 Å². The molecular weight excluding hydrogens is 250 g/mol. The van der Waals surface area contributed by atoms with E-state index in [0.717, 1.165) is 17.7 Å². The highest BCUT2D eigenvalue weighted by Gasteiger charge is 2.15. The summed E-state index contributed by atoms with van der Waals surface area (Å²) in [4.78, 5) is 6.41. The number of rotatable bonds is 7. The highest BCUT2D eigenvalue weighted by atomic mass is 19.3. The molecular formula is C13H22F2N4. The number of nitrogens with zero attached hydrogens (tertiary/aromatic N) is 3. The van der Waals surface area contributed by atoms with Crippen molar-refractivity contribution in [2.24, 2.45) is 5.92 Å². The van der Waals surface area contributed by atoms with Gasteiger partial charge in [0.15, 0.2) is 0 Å². The second-order valence-electron chi connectivity index (χ2n) is 5.27. The van der Waals surface area contributed by atoms with Gasteiger partial charge < -0.3 is 10.2 Å². The van der Waals surface area contributed by atoms with E-state index in [2.05, 4.69) is 22.1 Å². The van der Waals surface area contributed by atoms with Crippen molar-refractivity contribution in [2.45, 2.75) is 32.9 Å². The van der Waals surface area contributed by atoms with Crippen molar-refractivity contribution in [3.63, 3.8) is 0 Å². The summed E-state index contributed by atoms with van der Waals surface area (Å²) in [6.07, 6.45) is 5.32. The zero-order chi connectivity index (χ0) is 13.7. The van der Waals surface area contributed by atoms with Crippen molar-refractivity contribution in [1.82, 2.24) is 19.8 Å². The van der Waals surface area contributed by atoms with Crippen LogP contribution in [-0.4, -0.2) is 40.6 Å². The van der Waals surface area contributed by atoms with Gasteiger partial charge in [-0.1, -0.05) is 6.92 Å². The summed E-state index contributed by atoms with van der Waals surface area (Å²) < 4.78 is 26.1. The second-order valence-corrected chi connectivity index (χ2v) is 5.27. The summed E-state index contributed by atoms with van der Waals surface area (Å²) in [7, 11) is 0. The first-order chi connectivity index (χ1) is 9.16. The zero-order valence-electron chi connectivity index (χ0n) is 11.4. The Bertz CT molecular complexity index is 374. The summed E-state index contributed by atoms with van der Waals surface area (Å²) in [5.74, 6) is 0.913. The van der Waals surface area contributed by atoms with E-state index in [9.17, 15) is 8.78 Å². The van der Waals surface area contributed by atoms with Gasteiger partial charge in [0, 0.05) is 18.9 Å². The SMILES string of the molecule is CC(CNCc1nccn1C(F)F)CN1CCCC1. The maximum Gasteiger partial charge on any atom is 0.319 e. The number of imidazole rings is 1. The minimum Gasteiger partial charge on any atom is -0.310 e. The molecule has 6 heteroatoms. The van der Waals surface area contributed by atoms with E-state index in [1.165, 1.54) is 38.3 Å². The fourth-order valence-corrected chi connectivity index (χ4v) is 2.56. The largest absolute Gasteiger partial charge is 0.319 e. The van der Waals surface area contributed by atoms with Gasteiger partial charge in [0.1, 0.15) is 5.82 Å². The Labute approximate surface area is 112 Å². The van der Waals surface area contributed by atoms with Crippen LogP contribution < -0.4 is 5.32 Å². The third-order valence-electron chi connectivity index (χ3n) is 3.50. The van der Waals surface area contributed by atoms with Crippen molar-refractivity contribution >= 4 is 0 Å². The molecule has 19 heavy (non-hydrogen) atoms. The highest BCUT2D eigenvalue weighted by molar-refractivity contribution is 4.92. The molecule has 4 nitrogen and oxygen atoms in total. The van der Waals surface area contributed by atoms with Gasteiger partial charge >= 0.3 is 6.55 Å². The number of alkyl halides is 2. The molecule has 1 saturated heterocycles. The normalized spacial score (nSPS) is 18.3. The van der Waals surface area contributed by atoms with Crippen molar-refractivity contribution < 1.29 is 8.78 Å². The Hall–Kier alpha value is -1.01. The molecule has 2 rings (SSSR count). The molecule has 1 unspecified atom stereocenters. The smallest absolute Gasteiger partial charge is 0.310 e. The number of hydrogen-bond acceptors (Lipinski definition) is 3. The molecule has 0 saturated carbocycles. The van der Waals surface area contributed by atoms with Crippen LogP contribution in [0.15, 0.2) is 12.4 Å². The molecule has 0 aromatic carbocycles. The fraction of sp³-hybridized carbons (Fsp3) is 0.769. The minimum atomic E-state index is -2.51. The minimum absolute atomic E-state index is 0.391. The predicted molar refractivity (Wildman–Crippen MR) is 70.0 cm³/mol. The molecule has 1 fully saturated rings. The molecule has 0 amide bonds. The zero-order valence-corrected chi connectivity index (χ0v) is 11.4. The van der Waals surface area contributed by atoms with E-state index in [1.807, 2.05) is 0 Å². The van der Waals surface area contributed by atoms with Crippen LogP contribution in [0, 0.1) is 5.92 Å². The molecule has 2 heterocycles. The topological polar surface area (TPSA) is 33.1 Å². The van der Waals surface area contributed by atoms with Crippen molar-refractivity contribution in [1.29, 1.82) is 0 Å². The van der Waals surface area contributed by atoms with Crippen molar-refractivity contribution in [2.75, 3.05) is 26.2 Å². The molecule has 1 aliphatic rings. The lowest BCUT2D eigenvalue weighted by Crippen LogP contribution is -2.31. The van der Waals surface area contributed by atoms with Gasteiger partial charge in [-0.25, -0.2) is 4.98 Å². The van der Waals surface area contributed by atoms with E-state index >= 15 is 0 Å². The van der Waals surface area contributed by atoms with E-state index in [4.69, 9.17) is 0 Å². The number of likely N-dealkylation sites (tertiary alicyclic amines) is 1. The molecule has 1 aliphatic heterocycles. The summed E-state index contributed by atoms with van der Waals surface area (Å²) >= 11 is 0. The van der Waals surface area contributed by atoms with Gasteiger partial charge in [0.25, 0.3) is 0 Å². The molecule has 0 bridgehead atoms. The number of hydrogen-bond donors (Lipinski definition) is 1. The second kappa shape index (κ2) is 6.96. The van der Waals surface area contributed by atoms with Gasteiger partial charge in [-0.15, -0.1) is 0 Å². The Morgan fingerprint density at radius 1 is 1.37 bits per heavy atom. The van der Waals surface area contributed by atoms with Crippen LogP contribution in [0.5, 0.6) is 0 Å². The summed E-state index contributed by atoms with van der Waals surface area (Å²) in [5.41, 5.74) is 0. The van der Waals surface area contributed by atoms with E-state index < -0.39 is 6.55 Å². The predicted octanol–water partition coefficient (Wildman–Crippen LogP) is 2.10. The fourth-order valence-electron chi connectivity index (χ4n) is 2.56. The average Bonchev–Trinajstić information content (AvgIpc) is 2.99. The molecule has 0 radical (unpaired) electrons. The first-order valence-corrected chi connectivity index (χ1v) is 6.89. The van der Waals surface area contributed by atoms with Crippen LogP contribution in [0.3, 0.4) is 0 Å². The molecule has 1 atom stereocenters. The average molecular weight is 272 g/mol. The Morgan fingerprint density at radius 2 is 2.11 bits per heavy atom. The van der Waals surface area contributed by atoms with Gasteiger partial charge in [-0.3, -0.25) is 4.57 Å². The molecule has 0 aliphatic carbocycles. The van der Waals surface area contributed by atoms with Crippen molar-refractivity contribution in [3.05, 3.63) is 18.2 Å². The Balaban J connectivity index is 1.69. The number of aromatic nitrogens is 2. The van der Waals surface area contributed by atoms with Crippen LogP contribution in [0.25, 0.3) is 0 Å². The highest BCUT2D eigenvalue weighted by Crippen LogP contribution is 2.12. The van der Waals surface area contributed by atoms with Gasteiger partial charge in [-0.05, 0) is 38.4 Å². The van der Waals surface area contributed by atoms with Gasteiger partial charge in [0.05, 0.1) is 6.54 Å². The third kappa shape index (κ3) is 4.24. The van der Waals surface area contributed by atoms with E-state index in [-0.39, 0.29) is 0 Å². The Kier molecular flexibility index (Phi) is 5.27. The van der Waals surface area contributed by atoms with E-state index in [1.54, 1.807) is 0 Å². The maximum atomic E-state index is 12.6. The Morgan fingerprint density at radius 3 is 2.79 bits per heavy atom. The quantitative estimate of drug-likeness (QED) is 0.825. The molecule has 108 valence electrons. The molecule has 1 aromatic rings. The van der Waals surface area contributed by atoms with Crippen LogP contribution in [-0.2, 0) is 6.54 Å². The van der Waals surface area contributed by atoms with Crippen LogP contribution in [0.4, 0.5) is 8.78 Å². The lowest BCUT2D eigenvalue weighted by Gasteiger charge is -2.20. The van der Waals surface area contributed by atoms with Crippen LogP contribution in [0.1, 0.15) is 32.1 Å². The lowest BCUT2D eigenvalue weighted by molar-refractivity contribution is 0.0666. The van der Waals surface area contributed by atoms with Gasteiger partial charge in [-0.2, -0.15) is 8.78 Å². The number of nitrogens with one attached hydrogen (secondary N) is 1.